The van der Waals surface area contributed by atoms with Gasteiger partial charge in [-0.2, -0.15) is 13.2 Å². The number of anilines is 1. The van der Waals surface area contributed by atoms with E-state index < -0.39 is 29.8 Å². The Kier molecular flexibility index (Phi) is 11.1. The zero-order valence-electron chi connectivity index (χ0n) is 25.5. The van der Waals surface area contributed by atoms with E-state index in [-0.39, 0.29) is 28.6 Å². The second-order valence-corrected chi connectivity index (χ2v) is 12.3. The smallest absolute Gasteiger partial charge is 0.490 e. The number of carbonyl (C=O) groups is 2. The quantitative estimate of drug-likeness (QED) is 0.294. The summed E-state index contributed by atoms with van der Waals surface area (Å²) in [5.41, 5.74) is 1.66. The maximum atomic E-state index is 13.6. The Labute approximate surface area is 253 Å². The first-order chi connectivity index (χ1) is 20.5. The summed E-state index contributed by atoms with van der Waals surface area (Å²) in [6.45, 7) is 8.79. The van der Waals surface area contributed by atoms with Crippen LogP contribution in [0.1, 0.15) is 58.4 Å². The van der Waals surface area contributed by atoms with E-state index in [2.05, 4.69) is 48.4 Å². The molecule has 1 aliphatic carbocycles. The molecule has 3 N–H and O–H groups in total. The van der Waals surface area contributed by atoms with E-state index in [9.17, 15) is 26.7 Å². The van der Waals surface area contributed by atoms with Gasteiger partial charge in [-0.15, -0.1) is 0 Å². The predicted octanol–water partition coefficient (Wildman–Crippen LogP) is 6.74. The maximum Gasteiger partial charge on any atom is 0.490 e. The van der Waals surface area contributed by atoms with Gasteiger partial charge in [-0.25, -0.2) is 18.4 Å². The third-order valence-electron chi connectivity index (χ3n) is 8.23. The standard InChI is InChI=1S/C29H39F2N3O3.C2HF3O2/c1-28(2,3)12-14-34-15-13-29(19-6-9-24(36-4)25(16-19)37-5)11-10-21(18-26(29)34)33-27(35)32-20-7-8-22(30)23(31)17-20;3-2(4,5)1(6)7/h6-9,16-17,21,26H,10-15,18H2,1-5H3,(H2,32,33,35);(H,6,7)/t21-,26+,29+;/m1./s1. The number of nitrogens with one attached hydrogen (secondary N) is 2. The highest BCUT2D eigenvalue weighted by atomic mass is 19.4. The van der Waals surface area contributed by atoms with E-state index in [0.29, 0.717) is 5.75 Å². The molecule has 2 amide bonds. The molecule has 2 fully saturated rings. The Bertz CT molecular complexity index is 1320. The SMILES string of the molecule is COc1ccc([C@@]23CC[C@@H](NC(=O)Nc4ccc(F)c(F)c4)C[C@@H]2N(CCC(C)(C)C)CC3)cc1OC.O=C(O)C(F)(F)F. The van der Waals surface area contributed by atoms with E-state index in [0.717, 1.165) is 63.1 Å². The zero-order valence-corrected chi connectivity index (χ0v) is 25.5. The fourth-order valence-electron chi connectivity index (χ4n) is 5.93. The number of fused-ring (bicyclic) bond motifs is 1. The molecule has 2 aromatic rings. The minimum Gasteiger partial charge on any atom is -0.493 e. The van der Waals surface area contributed by atoms with Crippen LogP contribution in [0.25, 0.3) is 0 Å². The maximum absolute atomic E-state index is 13.6. The van der Waals surface area contributed by atoms with Crippen LogP contribution < -0.4 is 20.1 Å². The lowest BCUT2D eigenvalue weighted by atomic mass is 9.65. The van der Waals surface area contributed by atoms with Crippen LogP contribution in [0.2, 0.25) is 0 Å². The largest absolute Gasteiger partial charge is 0.493 e. The highest BCUT2D eigenvalue weighted by molar-refractivity contribution is 5.89. The summed E-state index contributed by atoms with van der Waals surface area (Å²) < 4.78 is 69.7. The van der Waals surface area contributed by atoms with Crippen molar-refractivity contribution in [2.75, 3.05) is 32.6 Å². The number of halogens is 5. The summed E-state index contributed by atoms with van der Waals surface area (Å²) in [7, 11) is 3.30. The first kappa shape index (κ1) is 34.9. The fourth-order valence-corrected chi connectivity index (χ4v) is 5.93. The van der Waals surface area contributed by atoms with Crippen LogP contribution >= 0.6 is 0 Å². The molecule has 1 saturated carbocycles. The molecule has 3 atom stereocenters. The van der Waals surface area contributed by atoms with Crippen LogP contribution in [-0.2, 0) is 10.2 Å². The molecule has 1 aliphatic heterocycles. The molecule has 0 unspecified atom stereocenters. The number of ether oxygens (including phenoxy) is 2. The Balaban J connectivity index is 0.000000676. The van der Waals surface area contributed by atoms with Gasteiger partial charge in [0, 0.05) is 29.3 Å². The summed E-state index contributed by atoms with van der Waals surface area (Å²) in [6.07, 6.45) is -0.395. The number of nitrogens with zero attached hydrogens (tertiary/aromatic N) is 1. The van der Waals surface area contributed by atoms with Gasteiger partial charge in [-0.1, -0.05) is 26.8 Å². The topological polar surface area (TPSA) is 100 Å². The normalized spacial score (nSPS) is 21.9. The second-order valence-electron chi connectivity index (χ2n) is 12.3. The summed E-state index contributed by atoms with van der Waals surface area (Å²) >= 11 is 0. The molecule has 44 heavy (non-hydrogen) atoms. The van der Waals surface area contributed by atoms with Crippen LogP contribution in [-0.4, -0.2) is 67.6 Å². The van der Waals surface area contributed by atoms with Crippen LogP contribution in [0.15, 0.2) is 36.4 Å². The summed E-state index contributed by atoms with van der Waals surface area (Å²) in [6, 6.07) is 9.43. The van der Waals surface area contributed by atoms with Gasteiger partial charge in [0.15, 0.2) is 23.1 Å². The van der Waals surface area contributed by atoms with Crippen molar-refractivity contribution in [3.63, 3.8) is 0 Å². The first-order valence-corrected chi connectivity index (χ1v) is 14.3. The van der Waals surface area contributed by atoms with E-state index in [4.69, 9.17) is 19.4 Å². The second kappa shape index (κ2) is 14.0. The Morgan fingerprint density at radius 1 is 1.00 bits per heavy atom. The number of aliphatic carboxylic acids is 1. The molecule has 244 valence electrons. The van der Waals surface area contributed by atoms with Gasteiger partial charge in [0.05, 0.1) is 14.2 Å². The molecule has 2 aromatic carbocycles. The lowest BCUT2D eigenvalue weighted by Gasteiger charge is -2.46. The molecule has 4 rings (SSSR count). The lowest BCUT2D eigenvalue weighted by Crippen LogP contribution is -2.53. The number of amides is 2. The van der Waals surface area contributed by atoms with Gasteiger partial charge < -0.3 is 25.2 Å². The van der Waals surface area contributed by atoms with Crippen molar-refractivity contribution >= 4 is 17.7 Å². The van der Waals surface area contributed by atoms with Crippen molar-refractivity contribution in [3.8, 4) is 11.5 Å². The molecule has 8 nitrogen and oxygen atoms in total. The average molecular weight is 630 g/mol. The minimum atomic E-state index is -5.08. The Morgan fingerprint density at radius 2 is 1.66 bits per heavy atom. The number of rotatable bonds is 7. The van der Waals surface area contributed by atoms with Crippen molar-refractivity contribution < 1.29 is 46.1 Å². The van der Waals surface area contributed by atoms with Crippen LogP contribution in [0.4, 0.5) is 32.4 Å². The van der Waals surface area contributed by atoms with E-state index in [1.165, 1.54) is 11.6 Å². The summed E-state index contributed by atoms with van der Waals surface area (Å²) in [5.74, 6) is -3.25. The number of methoxy groups -OCH3 is 2. The number of carboxylic acids is 1. The number of carbonyl (C=O) groups excluding carboxylic acids is 1. The molecule has 1 heterocycles. The van der Waals surface area contributed by atoms with Gasteiger partial charge in [0.25, 0.3) is 0 Å². The van der Waals surface area contributed by atoms with Crippen molar-refractivity contribution in [3.05, 3.63) is 53.6 Å². The number of benzene rings is 2. The summed E-state index contributed by atoms with van der Waals surface area (Å²) in [4.78, 5) is 24.2. The molecule has 0 spiro atoms. The third kappa shape index (κ3) is 8.73. The number of urea groups is 1. The number of hydrogen-bond donors (Lipinski definition) is 3. The van der Waals surface area contributed by atoms with Gasteiger partial charge in [0.2, 0.25) is 0 Å². The third-order valence-corrected chi connectivity index (χ3v) is 8.23. The number of alkyl halides is 3. The Hall–Kier alpha value is -3.61. The highest BCUT2D eigenvalue weighted by Crippen LogP contribution is 2.50. The van der Waals surface area contributed by atoms with Gasteiger partial charge in [-0.3, -0.25) is 4.90 Å². The zero-order chi connectivity index (χ0) is 32.9. The number of carboxylic acid groups (broad SMARTS) is 1. The molecule has 0 radical (unpaired) electrons. The molecule has 0 aromatic heterocycles. The van der Waals surface area contributed by atoms with Gasteiger partial charge in [0.1, 0.15) is 0 Å². The lowest BCUT2D eigenvalue weighted by molar-refractivity contribution is -0.192. The van der Waals surface area contributed by atoms with Gasteiger partial charge >= 0.3 is 18.2 Å². The minimum absolute atomic E-state index is 0.0289. The Morgan fingerprint density at radius 3 is 2.23 bits per heavy atom. The first-order valence-electron chi connectivity index (χ1n) is 14.3. The molecule has 0 bridgehead atoms. The monoisotopic (exact) mass is 629 g/mol. The fraction of sp³-hybridized carbons (Fsp3) is 0.548. The summed E-state index contributed by atoms with van der Waals surface area (Å²) in [5, 5.41) is 12.8. The molecular formula is C31H40F5N3O5. The van der Waals surface area contributed by atoms with Crippen molar-refractivity contribution in [1.82, 2.24) is 10.2 Å². The van der Waals surface area contributed by atoms with E-state index in [1.807, 2.05) is 6.07 Å². The molecule has 1 saturated heterocycles. The average Bonchev–Trinajstić information content (AvgIpc) is 3.32. The van der Waals surface area contributed by atoms with E-state index in [1.54, 1.807) is 14.2 Å². The van der Waals surface area contributed by atoms with E-state index >= 15 is 0 Å². The van der Waals surface area contributed by atoms with Crippen molar-refractivity contribution in [2.24, 2.45) is 5.41 Å². The van der Waals surface area contributed by atoms with Crippen LogP contribution in [0, 0.1) is 17.0 Å². The van der Waals surface area contributed by atoms with Gasteiger partial charge in [-0.05, 0) is 80.4 Å². The number of hydrogen-bond acceptors (Lipinski definition) is 5. The molecular weight excluding hydrogens is 589 g/mol. The highest BCUT2D eigenvalue weighted by Gasteiger charge is 2.51. The van der Waals surface area contributed by atoms with Crippen molar-refractivity contribution in [1.29, 1.82) is 0 Å². The van der Waals surface area contributed by atoms with Crippen LogP contribution in [0.3, 0.4) is 0 Å². The molecule has 2 aliphatic rings. The van der Waals surface area contributed by atoms with Crippen molar-refractivity contribution in [2.45, 2.75) is 76.6 Å². The molecule has 13 heteroatoms. The van der Waals surface area contributed by atoms with Crippen LogP contribution in [0.5, 0.6) is 11.5 Å². The predicted molar refractivity (Wildman–Crippen MR) is 155 cm³/mol. The number of likely N-dealkylation sites (tertiary alicyclic amines) is 1.